The predicted octanol–water partition coefficient (Wildman–Crippen LogP) is 16.4. The molecule has 0 unspecified atom stereocenters. The highest BCUT2D eigenvalue weighted by Gasteiger charge is 2.19. The van der Waals surface area contributed by atoms with Gasteiger partial charge in [-0.2, -0.15) is 0 Å². The molecule has 0 N–H and O–H groups in total. The molecule has 0 aliphatic rings. The van der Waals surface area contributed by atoms with Crippen molar-refractivity contribution in [3.8, 4) is 78.3 Å². The first kappa shape index (κ1) is 39.5. The van der Waals surface area contributed by atoms with Crippen molar-refractivity contribution in [1.82, 2.24) is 15.0 Å². The lowest BCUT2D eigenvalue weighted by atomic mass is 9.87. The molecule has 0 spiro atoms. The Morgan fingerprint density at radius 3 is 1.34 bits per heavy atom. The van der Waals surface area contributed by atoms with E-state index in [2.05, 4.69) is 22.1 Å². The third-order valence-electron chi connectivity index (χ3n) is 12.7. The van der Waals surface area contributed by atoms with Gasteiger partial charge in [-0.15, -0.1) is 0 Å². The second kappa shape index (κ2) is 20.3. The molecule has 0 saturated heterocycles. The van der Waals surface area contributed by atoms with Crippen LogP contribution in [0.3, 0.4) is 0 Å². The van der Waals surface area contributed by atoms with Crippen molar-refractivity contribution in [2.75, 3.05) is 0 Å². The highest BCUT2D eigenvalue weighted by Crippen LogP contribution is 2.41. The van der Waals surface area contributed by atoms with E-state index in [0.717, 1.165) is 62.3 Å². The summed E-state index contributed by atoms with van der Waals surface area (Å²) in [5.41, 5.74) is 9.98. The van der Waals surface area contributed by atoms with Crippen LogP contribution in [0.4, 0.5) is 22.0 Å². The van der Waals surface area contributed by atoms with E-state index in [1.165, 1.54) is 48.8 Å². The number of hydrogen-bond acceptors (Lipinski definition) is 3. The van der Waals surface area contributed by atoms with Gasteiger partial charge in [0.25, 0.3) is 0 Å². The number of benzene rings is 7. The molecule has 3 nitrogen and oxygen atoms in total. The van der Waals surface area contributed by atoms with Gasteiger partial charge in [0.15, 0.2) is 0 Å². The van der Waals surface area contributed by atoms with Crippen LogP contribution in [0.5, 0.6) is 0 Å². The van der Waals surface area contributed by atoms with Crippen LogP contribution in [0, 0.1) is 42.8 Å². The van der Waals surface area contributed by atoms with Gasteiger partial charge in [0.2, 0.25) is 0 Å². The molecule has 8 heteroatoms. The summed E-state index contributed by atoms with van der Waals surface area (Å²) in [6.07, 6.45) is 5.41. The Hall–Kier alpha value is -8.36. The molecule has 0 bridgehead atoms. The van der Waals surface area contributed by atoms with E-state index >= 15 is 4.39 Å². The van der Waals surface area contributed by atoms with Gasteiger partial charge in [-0.3, -0.25) is 15.0 Å². The lowest BCUT2D eigenvalue weighted by Crippen LogP contribution is -2.01. The molecule has 7 aromatic carbocycles. The number of halogens is 5. The van der Waals surface area contributed by atoms with Crippen molar-refractivity contribution in [3.05, 3.63) is 257 Å². The van der Waals surface area contributed by atoms with Crippen molar-refractivity contribution in [2.45, 2.75) is 39.4 Å². The minimum Gasteiger partial charge on any atom is -0.256 e. The van der Waals surface area contributed by atoms with Crippen LogP contribution in [-0.2, 0) is 25.7 Å². The van der Waals surface area contributed by atoms with Gasteiger partial charge >= 0.3 is 0 Å². The fraction of sp³-hybridized carbons (Fsp3) is 0.0952. The molecule has 0 atom stereocenters. The molecule has 0 radical (unpaired) electrons. The fourth-order valence-electron chi connectivity index (χ4n) is 8.96. The molecule has 71 heavy (non-hydrogen) atoms. The average Bonchev–Trinajstić information content (AvgIpc) is 3.42. The Bertz CT molecular complexity index is 3660. The first-order valence-corrected chi connectivity index (χ1v) is 23.0. The molecule has 0 amide bonds. The molecule has 0 aliphatic heterocycles. The van der Waals surface area contributed by atoms with Crippen LogP contribution in [0.2, 0.25) is 0 Å². The Kier molecular flexibility index (Phi) is 11.3. The van der Waals surface area contributed by atoms with E-state index in [-0.39, 0.29) is 59.3 Å². The van der Waals surface area contributed by atoms with Crippen molar-refractivity contribution < 1.29 is 30.2 Å². The van der Waals surface area contributed by atoms with Crippen LogP contribution < -0.4 is 0 Å². The summed E-state index contributed by atoms with van der Waals surface area (Å²) in [5, 5.41) is 0. The van der Waals surface area contributed by atoms with E-state index in [1.807, 2.05) is 97.1 Å². The largest absolute Gasteiger partial charge is 0.256 e. The summed E-state index contributed by atoms with van der Waals surface area (Å²) in [5.74, 6) is -3.86. The molecule has 3 heterocycles. The van der Waals surface area contributed by atoms with Crippen molar-refractivity contribution in [1.29, 1.82) is 0 Å². The van der Waals surface area contributed by atoms with Crippen LogP contribution in [-0.4, -0.2) is 15.0 Å². The quantitative estimate of drug-likeness (QED) is 0.108. The number of nitrogens with zero attached hydrogens (tertiary/aromatic N) is 3. The SMILES string of the molecule is [2H]C([2H])([2H])c1cc(-c2ccc(F)cc2F)ncc1CCc1cc(CCc2cnc(-c3ccc(F)cc3F)cc2C([2H])([2H])[2H])cc(-c2cc(F)ccc2-c2cnc(-c3ccccc3)cc2-c2ccc(-c3ccccc3)cc2)c1. The Morgan fingerprint density at radius 2 is 0.803 bits per heavy atom. The Labute approximate surface area is 418 Å². The molecule has 0 aliphatic carbocycles. The first-order chi connectivity index (χ1) is 36.9. The van der Waals surface area contributed by atoms with Gasteiger partial charge in [0.05, 0.1) is 17.1 Å². The van der Waals surface area contributed by atoms with Crippen LogP contribution in [0.15, 0.2) is 195 Å². The van der Waals surface area contributed by atoms with Crippen molar-refractivity contribution >= 4 is 0 Å². The second-order valence-corrected chi connectivity index (χ2v) is 17.4. The zero-order chi connectivity index (χ0) is 54.0. The van der Waals surface area contributed by atoms with Crippen LogP contribution >= 0.6 is 0 Å². The van der Waals surface area contributed by atoms with Gasteiger partial charge in [-0.1, -0.05) is 109 Å². The summed E-state index contributed by atoms with van der Waals surface area (Å²) in [4.78, 5) is 13.8. The lowest BCUT2D eigenvalue weighted by Gasteiger charge is -2.18. The van der Waals surface area contributed by atoms with Crippen molar-refractivity contribution in [3.63, 3.8) is 0 Å². The molecular formula is C63H46F5N3. The topological polar surface area (TPSA) is 38.7 Å². The summed E-state index contributed by atoms with van der Waals surface area (Å²) in [6.45, 7) is -5.27. The summed E-state index contributed by atoms with van der Waals surface area (Å²) in [7, 11) is 0. The summed E-state index contributed by atoms with van der Waals surface area (Å²) < 4.78 is 124. The van der Waals surface area contributed by atoms with Gasteiger partial charge in [0.1, 0.15) is 29.1 Å². The Morgan fingerprint density at radius 1 is 0.338 bits per heavy atom. The molecule has 3 aromatic heterocycles. The molecule has 10 rings (SSSR count). The standard InChI is InChI=1S/C63H46F5N3/c1-39-27-62(54-25-22-51(65)33-59(54)67)69-36-47(39)15-13-41-29-42(14-16-48-37-70-63(28-40(48)2)55-26-23-52(66)34-60(55)68)31-49(30-41)56-32-50(64)21-24-53(56)58-38-71-61(46-11-7-4-8-12-46)35-57(58)45-19-17-44(18-20-45)43-9-5-3-6-10-43/h3-12,17-38H,13-16H2,1-2H3/i1D3,2D3. The molecule has 0 fully saturated rings. The summed E-state index contributed by atoms with van der Waals surface area (Å²) >= 11 is 0. The van der Waals surface area contributed by atoms with E-state index in [0.29, 0.717) is 39.9 Å². The zero-order valence-corrected chi connectivity index (χ0v) is 38.0. The molecule has 348 valence electrons. The monoisotopic (exact) mass is 945 g/mol. The van der Waals surface area contributed by atoms with Gasteiger partial charge in [-0.25, -0.2) is 22.0 Å². The van der Waals surface area contributed by atoms with E-state index in [1.54, 1.807) is 12.3 Å². The van der Waals surface area contributed by atoms with E-state index in [4.69, 9.17) is 13.2 Å². The van der Waals surface area contributed by atoms with Gasteiger partial charge < -0.3 is 0 Å². The third kappa shape index (κ3) is 10.3. The third-order valence-corrected chi connectivity index (χ3v) is 12.7. The number of hydrogen-bond donors (Lipinski definition) is 0. The van der Waals surface area contributed by atoms with Crippen LogP contribution in [0.25, 0.3) is 78.3 Å². The maximum Gasteiger partial charge on any atom is 0.135 e. The minimum absolute atomic E-state index is 0.0276. The summed E-state index contributed by atoms with van der Waals surface area (Å²) in [6, 6.07) is 48.9. The van der Waals surface area contributed by atoms with Crippen LogP contribution in [0.1, 0.15) is 41.6 Å². The van der Waals surface area contributed by atoms with E-state index in [9.17, 15) is 17.6 Å². The number of aryl methyl sites for hydroxylation is 6. The number of rotatable bonds is 13. The number of aromatic nitrogens is 3. The Balaban J connectivity index is 1.08. The fourth-order valence-corrected chi connectivity index (χ4v) is 8.96. The van der Waals surface area contributed by atoms with Gasteiger partial charge in [0, 0.05) is 61.2 Å². The van der Waals surface area contributed by atoms with Gasteiger partial charge in [-0.05, 0) is 166 Å². The second-order valence-electron chi connectivity index (χ2n) is 17.4. The normalized spacial score (nSPS) is 12.9. The molecule has 0 saturated carbocycles. The maximum absolute atomic E-state index is 15.9. The number of pyridine rings is 3. The highest BCUT2D eigenvalue weighted by molar-refractivity contribution is 5.93. The average molecular weight is 946 g/mol. The smallest absolute Gasteiger partial charge is 0.135 e. The van der Waals surface area contributed by atoms with E-state index < -0.39 is 42.8 Å². The predicted molar refractivity (Wildman–Crippen MR) is 275 cm³/mol. The lowest BCUT2D eigenvalue weighted by molar-refractivity contribution is 0.584. The zero-order valence-electron chi connectivity index (χ0n) is 44.0. The maximum atomic E-state index is 15.9. The highest BCUT2D eigenvalue weighted by atomic mass is 19.1. The minimum atomic E-state index is -2.64. The van der Waals surface area contributed by atoms with Crippen molar-refractivity contribution in [2.24, 2.45) is 0 Å². The molecular weight excluding hydrogens is 894 g/mol. The first-order valence-electron chi connectivity index (χ1n) is 26.0. The molecule has 10 aromatic rings.